The molecule has 1 heterocycles. The standard InChI is InChI=1S/C15H15BrN2O2/c1-10-3-4-11(15(19)20)5-12(10)9-18(2)14-6-13(16)7-17-8-14/h3-8H,9H2,1-2H3,(H,19,20). The van der Waals surface area contributed by atoms with Crippen LogP contribution in [0.4, 0.5) is 5.69 Å². The first kappa shape index (κ1) is 14.5. The first-order valence-corrected chi connectivity index (χ1v) is 6.91. The fourth-order valence-corrected chi connectivity index (χ4v) is 2.28. The van der Waals surface area contributed by atoms with E-state index in [1.165, 1.54) is 0 Å². The van der Waals surface area contributed by atoms with Gasteiger partial charge in [-0.05, 0) is 52.2 Å². The Hall–Kier alpha value is -1.88. The van der Waals surface area contributed by atoms with E-state index in [0.717, 1.165) is 21.3 Å². The maximum atomic E-state index is 11.0. The number of aryl methyl sites for hydroxylation is 1. The lowest BCUT2D eigenvalue weighted by Gasteiger charge is -2.20. The zero-order valence-electron chi connectivity index (χ0n) is 11.3. The first-order valence-electron chi connectivity index (χ1n) is 6.12. The number of benzene rings is 1. The molecule has 0 fully saturated rings. The Balaban J connectivity index is 2.25. The van der Waals surface area contributed by atoms with Gasteiger partial charge in [-0.3, -0.25) is 4.98 Å². The summed E-state index contributed by atoms with van der Waals surface area (Å²) >= 11 is 3.39. The smallest absolute Gasteiger partial charge is 0.335 e. The van der Waals surface area contributed by atoms with Crippen molar-refractivity contribution in [2.45, 2.75) is 13.5 Å². The van der Waals surface area contributed by atoms with Crippen molar-refractivity contribution in [2.75, 3.05) is 11.9 Å². The number of nitrogens with zero attached hydrogens (tertiary/aromatic N) is 2. The molecule has 0 amide bonds. The highest BCUT2D eigenvalue weighted by Gasteiger charge is 2.09. The Morgan fingerprint density at radius 3 is 2.75 bits per heavy atom. The molecular formula is C15H15BrN2O2. The molecule has 4 nitrogen and oxygen atoms in total. The summed E-state index contributed by atoms with van der Waals surface area (Å²) in [6, 6.07) is 7.16. The number of carboxylic acid groups (broad SMARTS) is 1. The average molecular weight is 335 g/mol. The molecule has 20 heavy (non-hydrogen) atoms. The quantitative estimate of drug-likeness (QED) is 0.929. The zero-order chi connectivity index (χ0) is 14.7. The highest BCUT2D eigenvalue weighted by atomic mass is 79.9. The summed E-state index contributed by atoms with van der Waals surface area (Å²) in [7, 11) is 1.95. The van der Waals surface area contributed by atoms with Gasteiger partial charge in [-0.2, -0.15) is 0 Å². The molecule has 0 atom stereocenters. The number of aromatic nitrogens is 1. The lowest BCUT2D eigenvalue weighted by atomic mass is 10.0. The Labute approximate surface area is 126 Å². The summed E-state index contributed by atoms with van der Waals surface area (Å²) in [6.45, 7) is 2.61. The van der Waals surface area contributed by atoms with Gasteiger partial charge < -0.3 is 10.0 Å². The predicted octanol–water partition coefficient (Wildman–Crippen LogP) is 3.49. The third-order valence-corrected chi connectivity index (χ3v) is 3.57. The van der Waals surface area contributed by atoms with Crippen LogP contribution in [0, 0.1) is 6.92 Å². The van der Waals surface area contributed by atoms with E-state index < -0.39 is 5.97 Å². The third-order valence-electron chi connectivity index (χ3n) is 3.13. The summed E-state index contributed by atoms with van der Waals surface area (Å²) in [4.78, 5) is 17.2. The van der Waals surface area contributed by atoms with Gasteiger partial charge in [0.05, 0.1) is 17.4 Å². The monoisotopic (exact) mass is 334 g/mol. The summed E-state index contributed by atoms with van der Waals surface area (Å²) in [5.74, 6) is -0.905. The summed E-state index contributed by atoms with van der Waals surface area (Å²) in [5, 5.41) is 9.06. The molecule has 104 valence electrons. The lowest BCUT2D eigenvalue weighted by molar-refractivity contribution is 0.0696. The molecule has 0 aliphatic rings. The number of carbonyl (C=O) groups is 1. The fraction of sp³-hybridized carbons (Fsp3) is 0.200. The van der Waals surface area contributed by atoms with E-state index in [-0.39, 0.29) is 0 Å². The average Bonchev–Trinajstić information content (AvgIpc) is 2.41. The maximum absolute atomic E-state index is 11.0. The Bertz CT molecular complexity index is 644. The van der Waals surface area contributed by atoms with Crippen LogP contribution in [0.15, 0.2) is 41.1 Å². The number of hydrogen-bond acceptors (Lipinski definition) is 3. The summed E-state index contributed by atoms with van der Waals surface area (Å²) in [6.07, 6.45) is 3.51. The van der Waals surface area contributed by atoms with Crippen LogP contribution in [0.1, 0.15) is 21.5 Å². The minimum Gasteiger partial charge on any atom is -0.478 e. The Morgan fingerprint density at radius 1 is 1.35 bits per heavy atom. The molecule has 0 spiro atoms. The number of aromatic carboxylic acids is 1. The SMILES string of the molecule is Cc1ccc(C(=O)O)cc1CN(C)c1cncc(Br)c1. The van der Waals surface area contributed by atoms with Gasteiger partial charge in [0.25, 0.3) is 0 Å². The Kier molecular flexibility index (Phi) is 4.39. The van der Waals surface area contributed by atoms with Crippen molar-refractivity contribution in [1.29, 1.82) is 0 Å². The second-order valence-electron chi connectivity index (χ2n) is 4.66. The number of hydrogen-bond donors (Lipinski definition) is 1. The van der Waals surface area contributed by atoms with Gasteiger partial charge >= 0.3 is 5.97 Å². The molecule has 0 radical (unpaired) electrons. The van der Waals surface area contributed by atoms with Gasteiger partial charge in [-0.1, -0.05) is 6.07 Å². The molecule has 0 unspecified atom stereocenters. The van der Waals surface area contributed by atoms with E-state index in [4.69, 9.17) is 5.11 Å². The van der Waals surface area contributed by atoms with E-state index in [2.05, 4.69) is 20.9 Å². The molecule has 1 aromatic carbocycles. The van der Waals surface area contributed by atoms with E-state index >= 15 is 0 Å². The topological polar surface area (TPSA) is 53.4 Å². The number of anilines is 1. The van der Waals surface area contributed by atoms with Gasteiger partial charge in [0, 0.05) is 24.3 Å². The molecule has 0 saturated carbocycles. The van der Waals surface area contributed by atoms with Gasteiger partial charge in [0.15, 0.2) is 0 Å². The molecule has 0 saturated heterocycles. The van der Waals surface area contributed by atoms with Gasteiger partial charge in [0.1, 0.15) is 0 Å². The largest absolute Gasteiger partial charge is 0.478 e. The van der Waals surface area contributed by atoms with Gasteiger partial charge in [-0.15, -0.1) is 0 Å². The van der Waals surface area contributed by atoms with Crippen molar-refractivity contribution in [3.63, 3.8) is 0 Å². The van der Waals surface area contributed by atoms with Gasteiger partial charge in [0.2, 0.25) is 0 Å². The second kappa shape index (κ2) is 6.05. The van der Waals surface area contributed by atoms with Crippen LogP contribution in [0.3, 0.4) is 0 Å². The summed E-state index contributed by atoms with van der Waals surface area (Å²) < 4.78 is 0.915. The van der Waals surface area contributed by atoms with Crippen molar-refractivity contribution in [3.8, 4) is 0 Å². The van der Waals surface area contributed by atoms with E-state index in [1.807, 2.05) is 31.0 Å². The molecule has 0 aliphatic carbocycles. The van der Waals surface area contributed by atoms with Gasteiger partial charge in [-0.25, -0.2) is 4.79 Å². The van der Waals surface area contributed by atoms with Crippen molar-refractivity contribution in [2.24, 2.45) is 0 Å². The minimum absolute atomic E-state index is 0.311. The van der Waals surface area contributed by atoms with Crippen LogP contribution in [0.25, 0.3) is 0 Å². The zero-order valence-corrected chi connectivity index (χ0v) is 12.9. The van der Waals surface area contributed by atoms with Crippen molar-refractivity contribution >= 4 is 27.6 Å². The van der Waals surface area contributed by atoms with Crippen LogP contribution in [-0.4, -0.2) is 23.1 Å². The van der Waals surface area contributed by atoms with Crippen LogP contribution >= 0.6 is 15.9 Å². The van der Waals surface area contributed by atoms with Crippen molar-refractivity contribution in [3.05, 3.63) is 57.8 Å². The number of carboxylic acids is 1. The Morgan fingerprint density at radius 2 is 2.10 bits per heavy atom. The number of rotatable bonds is 4. The normalized spacial score (nSPS) is 10.3. The molecule has 2 rings (SSSR count). The molecule has 0 aliphatic heterocycles. The van der Waals surface area contributed by atoms with Crippen LogP contribution in [0.5, 0.6) is 0 Å². The van der Waals surface area contributed by atoms with Crippen molar-refractivity contribution < 1.29 is 9.90 Å². The lowest BCUT2D eigenvalue weighted by Crippen LogP contribution is -2.17. The van der Waals surface area contributed by atoms with Crippen LogP contribution < -0.4 is 4.90 Å². The number of pyridine rings is 1. The minimum atomic E-state index is -0.905. The van der Waals surface area contributed by atoms with Crippen LogP contribution in [-0.2, 0) is 6.54 Å². The molecule has 2 aromatic rings. The fourth-order valence-electron chi connectivity index (χ4n) is 1.93. The molecular weight excluding hydrogens is 320 g/mol. The van der Waals surface area contributed by atoms with Crippen molar-refractivity contribution in [1.82, 2.24) is 4.98 Å². The molecule has 1 N–H and O–H groups in total. The molecule has 1 aromatic heterocycles. The predicted molar refractivity (Wildman–Crippen MR) is 82.2 cm³/mol. The number of halogens is 1. The van der Waals surface area contributed by atoms with E-state index in [0.29, 0.717) is 12.1 Å². The van der Waals surface area contributed by atoms with E-state index in [1.54, 1.807) is 24.5 Å². The first-order chi connectivity index (χ1) is 9.47. The van der Waals surface area contributed by atoms with Crippen LogP contribution in [0.2, 0.25) is 0 Å². The maximum Gasteiger partial charge on any atom is 0.335 e. The summed E-state index contributed by atoms with van der Waals surface area (Å²) in [5.41, 5.74) is 3.35. The third kappa shape index (κ3) is 3.36. The molecule has 5 heteroatoms. The molecule has 0 bridgehead atoms. The highest BCUT2D eigenvalue weighted by Crippen LogP contribution is 2.20. The van der Waals surface area contributed by atoms with E-state index in [9.17, 15) is 4.79 Å². The second-order valence-corrected chi connectivity index (χ2v) is 5.58. The highest BCUT2D eigenvalue weighted by molar-refractivity contribution is 9.10.